The molecule has 1 aliphatic heterocycles. The first-order valence-electron chi connectivity index (χ1n) is 9.16. The van der Waals surface area contributed by atoms with Crippen LogP contribution in [-0.2, 0) is 11.3 Å². The van der Waals surface area contributed by atoms with Gasteiger partial charge in [0.05, 0.1) is 6.21 Å². The van der Waals surface area contributed by atoms with E-state index in [4.69, 9.17) is 0 Å². The number of para-hydroxylation sites is 1. The number of carbonyl (C=O) groups is 1. The van der Waals surface area contributed by atoms with Gasteiger partial charge in [0, 0.05) is 35.2 Å². The molecule has 1 aliphatic rings. The quantitative estimate of drug-likeness (QED) is 0.483. The van der Waals surface area contributed by atoms with Crippen LogP contribution < -0.4 is 16.3 Å². The van der Waals surface area contributed by atoms with Gasteiger partial charge in [-0.25, -0.2) is 10.9 Å². The van der Waals surface area contributed by atoms with Crippen molar-refractivity contribution in [3.05, 3.63) is 71.9 Å². The van der Waals surface area contributed by atoms with Crippen molar-refractivity contribution < 1.29 is 4.79 Å². The number of carbonyl (C=O) groups excluding carboxylic acids is 1. The second-order valence-corrected chi connectivity index (χ2v) is 6.93. The van der Waals surface area contributed by atoms with Crippen molar-refractivity contribution in [3.63, 3.8) is 0 Å². The normalized spacial score (nSPS) is 19.7. The molecule has 4 rings (SSSR count). The first-order valence-corrected chi connectivity index (χ1v) is 9.16. The maximum absolute atomic E-state index is 12.2. The molecule has 0 spiro atoms. The zero-order valence-corrected chi connectivity index (χ0v) is 15.2. The highest BCUT2D eigenvalue weighted by Crippen LogP contribution is 2.21. The fourth-order valence-corrected chi connectivity index (χ4v) is 3.42. The average molecular weight is 361 g/mol. The molecule has 2 heterocycles. The molecule has 6 heteroatoms. The third-order valence-corrected chi connectivity index (χ3v) is 4.80. The van der Waals surface area contributed by atoms with Gasteiger partial charge < -0.3 is 4.57 Å². The minimum Gasteiger partial charge on any atom is -0.342 e. The van der Waals surface area contributed by atoms with Crippen LogP contribution in [0.1, 0.15) is 24.5 Å². The van der Waals surface area contributed by atoms with Crippen molar-refractivity contribution in [3.8, 4) is 0 Å². The van der Waals surface area contributed by atoms with E-state index in [1.807, 2.05) is 37.3 Å². The van der Waals surface area contributed by atoms with Gasteiger partial charge in [0.15, 0.2) is 0 Å². The highest BCUT2D eigenvalue weighted by molar-refractivity contribution is 5.99. The van der Waals surface area contributed by atoms with Crippen LogP contribution in [0.2, 0.25) is 0 Å². The van der Waals surface area contributed by atoms with Gasteiger partial charge in [-0.05, 0) is 25.0 Å². The summed E-state index contributed by atoms with van der Waals surface area (Å²) in [7, 11) is 0. The molecular formula is C21H23N5O. The van der Waals surface area contributed by atoms with Gasteiger partial charge in [0.25, 0.3) is 5.91 Å². The molecule has 138 valence electrons. The lowest BCUT2D eigenvalue weighted by Gasteiger charge is -2.06. The van der Waals surface area contributed by atoms with Crippen molar-refractivity contribution in [2.75, 3.05) is 0 Å². The summed E-state index contributed by atoms with van der Waals surface area (Å²) in [5.74, 6) is -0.129. The molecule has 2 atom stereocenters. The first kappa shape index (κ1) is 17.5. The monoisotopic (exact) mass is 361 g/mol. The fourth-order valence-electron chi connectivity index (χ4n) is 3.42. The maximum Gasteiger partial charge on any atom is 0.258 e. The molecule has 0 bridgehead atoms. The number of aromatic nitrogens is 1. The Labute approximate surface area is 158 Å². The minimum absolute atomic E-state index is 0.129. The molecular weight excluding hydrogens is 338 g/mol. The predicted octanol–water partition coefficient (Wildman–Crippen LogP) is 2.39. The fraction of sp³-hybridized carbons (Fsp3) is 0.238. The van der Waals surface area contributed by atoms with Gasteiger partial charge in [-0.1, -0.05) is 48.5 Å². The summed E-state index contributed by atoms with van der Waals surface area (Å²) in [5.41, 5.74) is 12.0. The summed E-state index contributed by atoms with van der Waals surface area (Å²) in [6.45, 7) is 2.82. The molecule has 1 aromatic heterocycles. The Morgan fingerprint density at radius 1 is 1.19 bits per heavy atom. The van der Waals surface area contributed by atoms with Crippen LogP contribution in [0, 0.1) is 0 Å². The van der Waals surface area contributed by atoms with Crippen LogP contribution in [-0.4, -0.2) is 28.8 Å². The zero-order valence-electron chi connectivity index (χ0n) is 15.2. The zero-order chi connectivity index (χ0) is 18.6. The van der Waals surface area contributed by atoms with E-state index < -0.39 is 0 Å². The van der Waals surface area contributed by atoms with E-state index >= 15 is 0 Å². The van der Waals surface area contributed by atoms with Gasteiger partial charge in [-0.15, -0.1) is 0 Å². The predicted molar refractivity (Wildman–Crippen MR) is 107 cm³/mol. The molecule has 2 aromatic carbocycles. The molecule has 27 heavy (non-hydrogen) atoms. The van der Waals surface area contributed by atoms with Crippen LogP contribution in [0.15, 0.2) is 65.9 Å². The van der Waals surface area contributed by atoms with E-state index in [9.17, 15) is 4.79 Å². The Morgan fingerprint density at radius 3 is 2.74 bits per heavy atom. The summed E-state index contributed by atoms with van der Waals surface area (Å²) in [6, 6.07) is 18.6. The van der Waals surface area contributed by atoms with Gasteiger partial charge in [0.1, 0.15) is 6.04 Å². The molecule has 0 saturated carbocycles. The lowest BCUT2D eigenvalue weighted by molar-refractivity contribution is -0.122. The number of hydrazone groups is 1. The summed E-state index contributed by atoms with van der Waals surface area (Å²) in [4.78, 5) is 12.2. The summed E-state index contributed by atoms with van der Waals surface area (Å²) in [6.07, 6.45) is 4.54. The van der Waals surface area contributed by atoms with E-state index in [0.717, 1.165) is 29.4 Å². The molecule has 0 aliphatic carbocycles. The van der Waals surface area contributed by atoms with E-state index in [1.54, 1.807) is 6.21 Å². The number of fused-ring (bicyclic) bond motifs is 1. The molecule has 3 N–H and O–H groups in total. The lowest BCUT2D eigenvalue weighted by Crippen LogP contribution is -2.41. The van der Waals surface area contributed by atoms with E-state index in [2.05, 4.69) is 56.4 Å². The largest absolute Gasteiger partial charge is 0.342 e. The Hall–Kier alpha value is -2.96. The minimum atomic E-state index is -0.253. The standard InChI is InChI=1S/C21H23N5O/c1-15-11-19(24-23-15)21(27)25-22-12-17-14-26(13-16-7-3-2-4-8-16)20-10-6-5-9-18(17)20/h2-10,12,14-15,19,23-24H,11,13H2,1H3,(H,25,27)/b22-12+. The summed E-state index contributed by atoms with van der Waals surface area (Å²) < 4.78 is 2.21. The number of hydrogen-bond donors (Lipinski definition) is 3. The van der Waals surface area contributed by atoms with Crippen molar-refractivity contribution in [1.82, 2.24) is 20.8 Å². The Balaban J connectivity index is 1.52. The van der Waals surface area contributed by atoms with E-state index in [1.165, 1.54) is 5.56 Å². The Kier molecular flexibility index (Phi) is 5.00. The second-order valence-electron chi connectivity index (χ2n) is 6.93. The van der Waals surface area contributed by atoms with Crippen LogP contribution in [0.5, 0.6) is 0 Å². The second kappa shape index (κ2) is 7.73. The van der Waals surface area contributed by atoms with Crippen molar-refractivity contribution >= 4 is 23.0 Å². The number of hydrogen-bond acceptors (Lipinski definition) is 4. The van der Waals surface area contributed by atoms with Crippen molar-refractivity contribution in [1.29, 1.82) is 0 Å². The number of rotatable bonds is 5. The Morgan fingerprint density at radius 2 is 1.96 bits per heavy atom. The molecule has 1 amide bonds. The van der Waals surface area contributed by atoms with Crippen LogP contribution >= 0.6 is 0 Å². The molecule has 3 aromatic rings. The molecule has 2 unspecified atom stereocenters. The number of benzene rings is 2. The van der Waals surface area contributed by atoms with Gasteiger partial charge in [-0.2, -0.15) is 5.10 Å². The van der Waals surface area contributed by atoms with Gasteiger partial charge in [0.2, 0.25) is 0 Å². The Bertz CT molecular complexity index is 963. The number of nitrogens with one attached hydrogen (secondary N) is 3. The van der Waals surface area contributed by atoms with Crippen LogP contribution in [0.25, 0.3) is 10.9 Å². The molecule has 1 saturated heterocycles. The molecule has 1 fully saturated rings. The van der Waals surface area contributed by atoms with Gasteiger partial charge >= 0.3 is 0 Å². The topological polar surface area (TPSA) is 70.5 Å². The highest BCUT2D eigenvalue weighted by atomic mass is 16.2. The van der Waals surface area contributed by atoms with Crippen LogP contribution in [0.4, 0.5) is 0 Å². The number of nitrogens with zero attached hydrogens (tertiary/aromatic N) is 2. The molecule has 0 radical (unpaired) electrons. The third kappa shape index (κ3) is 3.92. The van der Waals surface area contributed by atoms with E-state index in [0.29, 0.717) is 0 Å². The SMILES string of the molecule is CC1CC(C(=O)N/N=C/c2cn(Cc3ccccc3)c3ccccc23)NN1. The van der Waals surface area contributed by atoms with E-state index in [-0.39, 0.29) is 18.0 Å². The van der Waals surface area contributed by atoms with Crippen LogP contribution in [0.3, 0.4) is 0 Å². The summed E-state index contributed by atoms with van der Waals surface area (Å²) >= 11 is 0. The lowest BCUT2D eigenvalue weighted by atomic mass is 10.1. The molecule has 6 nitrogen and oxygen atoms in total. The number of amides is 1. The summed E-state index contributed by atoms with van der Waals surface area (Å²) in [5, 5.41) is 5.29. The maximum atomic E-state index is 12.2. The third-order valence-electron chi connectivity index (χ3n) is 4.80. The average Bonchev–Trinajstić information content (AvgIpc) is 3.27. The highest BCUT2D eigenvalue weighted by Gasteiger charge is 2.26. The first-order chi connectivity index (χ1) is 13.2. The van der Waals surface area contributed by atoms with Crippen molar-refractivity contribution in [2.45, 2.75) is 32.0 Å². The van der Waals surface area contributed by atoms with Crippen molar-refractivity contribution in [2.24, 2.45) is 5.10 Å². The smallest absolute Gasteiger partial charge is 0.258 e. The van der Waals surface area contributed by atoms with Gasteiger partial charge in [-0.3, -0.25) is 10.2 Å². The number of hydrazine groups is 1.